The average Bonchev–Trinajstić information content (AvgIpc) is 3.32. The van der Waals surface area contributed by atoms with Crippen molar-refractivity contribution in [2.75, 3.05) is 13.1 Å². The fourth-order valence-corrected chi connectivity index (χ4v) is 3.67. The predicted molar refractivity (Wildman–Crippen MR) is 82.6 cm³/mol. The number of hydrogen-bond donors (Lipinski definition) is 1. The van der Waals surface area contributed by atoms with Gasteiger partial charge in [0.05, 0.1) is 0 Å². The molecular weight excluding hydrogens is 246 g/mol. The summed E-state index contributed by atoms with van der Waals surface area (Å²) in [6.45, 7) is 9.33. The summed E-state index contributed by atoms with van der Waals surface area (Å²) in [6.07, 6.45) is 7.89. The third kappa shape index (κ3) is 2.61. The topological polar surface area (TPSA) is 28.2 Å². The number of hydrogen-bond acceptors (Lipinski definition) is 3. The van der Waals surface area contributed by atoms with Crippen LogP contribution in [-0.4, -0.2) is 34.6 Å². The fourth-order valence-electron chi connectivity index (χ4n) is 3.67. The Bertz CT molecular complexity index is 443. The zero-order valence-electron chi connectivity index (χ0n) is 13.0. The van der Waals surface area contributed by atoms with Crippen LogP contribution in [-0.2, 0) is 0 Å². The van der Waals surface area contributed by atoms with Crippen LogP contribution in [0, 0.1) is 5.92 Å². The molecule has 0 radical (unpaired) electrons. The molecule has 2 heterocycles. The van der Waals surface area contributed by atoms with Crippen molar-refractivity contribution in [1.82, 2.24) is 15.2 Å². The van der Waals surface area contributed by atoms with E-state index in [0.29, 0.717) is 17.6 Å². The van der Waals surface area contributed by atoms with Gasteiger partial charge in [0.2, 0.25) is 0 Å². The fraction of sp³-hybridized carbons (Fsp3) is 0.706. The van der Waals surface area contributed by atoms with Crippen LogP contribution in [0.25, 0.3) is 0 Å². The van der Waals surface area contributed by atoms with E-state index in [-0.39, 0.29) is 0 Å². The van der Waals surface area contributed by atoms with Gasteiger partial charge in [-0.05, 0) is 50.7 Å². The van der Waals surface area contributed by atoms with Gasteiger partial charge in [0.25, 0.3) is 0 Å². The minimum absolute atomic E-state index is 0.308. The Morgan fingerprint density at radius 2 is 2.30 bits per heavy atom. The predicted octanol–water partition coefficient (Wildman–Crippen LogP) is 3.00. The van der Waals surface area contributed by atoms with Crippen LogP contribution < -0.4 is 5.32 Å². The molecule has 3 nitrogen and oxygen atoms in total. The van der Waals surface area contributed by atoms with Gasteiger partial charge in [-0.15, -0.1) is 0 Å². The van der Waals surface area contributed by atoms with Crippen molar-refractivity contribution < 1.29 is 0 Å². The number of nitrogens with zero attached hydrogens (tertiary/aromatic N) is 2. The molecule has 1 aliphatic heterocycles. The van der Waals surface area contributed by atoms with Crippen LogP contribution in [0.15, 0.2) is 24.5 Å². The van der Waals surface area contributed by atoms with Crippen molar-refractivity contribution in [3.05, 3.63) is 30.1 Å². The molecule has 1 N–H and O–H groups in total. The second-order valence-electron chi connectivity index (χ2n) is 6.77. The van der Waals surface area contributed by atoms with Crippen LogP contribution in [0.2, 0.25) is 0 Å². The Kier molecular flexibility index (Phi) is 3.83. The molecule has 3 unspecified atom stereocenters. The first-order valence-corrected chi connectivity index (χ1v) is 8.04. The lowest BCUT2D eigenvalue weighted by molar-refractivity contribution is 0.0417. The van der Waals surface area contributed by atoms with Gasteiger partial charge in [0, 0.05) is 43.1 Å². The SMILES string of the molecule is CCC1CNC(C)(C2CC2)CN1C(C)c1cccnc1. The third-order valence-electron chi connectivity index (χ3n) is 5.34. The van der Waals surface area contributed by atoms with Gasteiger partial charge < -0.3 is 5.32 Å². The highest BCUT2D eigenvalue weighted by Gasteiger charge is 2.46. The normalized spacial score (nSPS) is 33.0. The lowest BCUT2D eigenvalue weighted by atomic mass is 9.88. The first kappa shape index (κ1) is 14.0. The van der Waals surface area contributed by atoms with Crippen LogP contribution >= 0.6 is 0 Å². The number of rotatable bonds is 4. The van der Waals surface area contributed by atoms with E-state index in [0.717, 1.165) is 19.0 Å². The molecule has 0 spiro atoms. The molecule has 3 atom stereocenters. The van der Waals surface area contributed by atoms with Gasteiger partial charge in [-0.25, -0.2) is 0 Å². The lowest BCUT2D eigenvalue weighted by Crippen LogP contribution is -2.64. The van der Waals surface area contributed by atoms with E-state index in [2.05, 4.69) is 48.1 Å². The first-order valence-electron chi connectivity index (χ1n) is 8.04. The Morgan fingerprint density at radius 1 is 1.50 bits per heavy atom. The molecule has 1 aliphatic carbocycles. The summed E-state index contributed by atoms with van der Waals surface area (Å²) in [6, 6.07) is 5.35. The van der Waals surface area contributed by atoms with E-state index in [4.69, 9.17) is 0 Å². The van der Waals surface area contributed by atoms with Crippen molar-refractivity contribution in [2.24, 2.45) is 5.92 Å². The molecule has 2 fully saturated rings. The smallest absolute Gasteiger partial charge is 0.0339 e. The maximum Gasteiger partial charge on any atom is 0.0339 e. The second kappa shape index (κ2) is 5.45. The van der Waals surface area contributed by atoms with Crippen molar-refractivity contribution in [2.45, 2.75) is 57.7 Å². The van der Waals surface area contributed by atoms with Gasteiger partial charge in [0.1, 0.15) is 0 Å². The van der Waals surface area contributed by atoms with Crippen molar-refractivity contribution in [3.63, 3.8) is 0 Å². The third-order valence-corrected chi connectivity index (χ3v) is 5.34. The van der Waals surface area contributed by atoms with Crippen LogP contribution in [0.3, 0.4) is 0 Å². The quantitative estimate of drug-likeness (QED) is 0.914. The van der Waals surface area contributed by atoms with Gasteiger partial charge in [0.15, 0.2) is 0 Å². The zero-order chi connectivity index (χ0) is 14.2. The first-order chi connectivity index (χ1) is 9.64. The number of piperazine rings is 1. The standard InChI is InChI=1S/C17H27N3/c1-4-16-11-19-17(3,15-7-8-15)12-20(16)13(2)14-6-5-9-18-10-14/h5-6,9-10,13,15-16,19H,4,7-8,11-12H2,1-3H3. The molecule has 1 aromatic heterocycles. The minimum Gasteiger partial charge on any atom is -0.308 e. The van der Waals surface area contributed by atoms with Gasteiger partial charge in [-0.1, -0.05) is 13.0 Å². The summed E-state index contributed by atoms with van der Waals surface area (Å²) in [7, 11) is 0. The zero-order valence-corrected chi connectivity index (χ0v) is 13.0. The van der Waals surface area contributed by atoms with Crippen LogP contribution in [0.4, 0.5) is 0 Å². The molecular formula is C17H27N3. The summed E-state index contributed by atoms with van der Waals surface area (Å²) in [4.78, 5) is 6.99. The molecule has 3 heteroatoms. The maximum atomic E-state index is 4.29. The number of nitrogens with one attached hydrogen (secondary N) is 1. The van der Waals surface area contributed by atoms with E-state index in [1.807, 2.05) is 12.4 Å². The summed E-state index contributed by atoms with van der Waals surface area (Å²) in [5.41, 5.74) is 1.65. The molecule has 0 amide bonds. The summed E-state index contributed by atoms with van der Waals surface area (Å²) < 4.78 is 0. The Labute approximate surface area is 122 Å². The molecule has 0 aromatic carbocycles. The highest BCUT2D eigenvalue weighted by Crippen LogP contribution is 2.42. The summed E-state index contributed by atoms with van der Waals surface area (Å²) in [5.74, 6) is 0.879. The molecule has 20 heavy (non-hydrogen) atoms. The minimum atomic E-state index is 0.308. The molecule has 2 aliphatic rings. The van der Waals surface area contributed by atoms with Crippen molar-refractivity contribution in [1.29, 1.82) is 0 Å². The van der Waals surface area contributed by atoms with E-state index < -0.39 is 0 Å². The molecule has 1 saturated heterocycles. The Balaban J connectivity index is 1.80. The van der Waals surface area contributed by atoms with E-state index >= 15 is 0 Å². The molecule has 1 aromatic rings. The van der Waals surface area contributed by atoms with Crippen LogP contribution in [0.5, 0.6) is 0 Å². The molecule has 3 rings (SSSR count). The lowest BCUT2D eigenvalue weighted by Gasteiger charge is -2.49. The van der Waals surface area contributed by atoms with Gasteiger partial charge >= 0.3 is 0 Å². The maximum absolute atomic E-state index is 4.29. The molecule has 0 bridgehead atoms. The summed E-state index contributed by atoms with van der Waals surface area (Å²) >= 11 is 0. The van der Waals surface area contributed by atoms with Crippen molar-refractivity contribution >= 4 is 0 Å². The van der Waals surface area contributed by atoms with E-state index in [1.54, 1.807) is 0 Å². The highest BCUT2D eigenvalue weighted by atomic mass is 15.3. The summed E-state index contributed by atoms with van der Waals surface area (Å²) in [5, 5.41) is 3.84. The van der Waals surface area contributed by atoms with Crippen LogP contribution in [0.1, 0.15) is 51.6 Å². The average molecular weight is 273 g/mol. The highest BCUT2D eigenvalue weighted by molar-refractivity contribution is 5.15. The number of pyridine rings is 1. The van der Waals surface area contributed by atoms with Gasteiger partial charge in [-0.2, -0.15) is 0 Å². The molecule has 110 valence electrons. The number of aromatic nitrogens is 1. The monoisotopic (exact) mass is 273 g/mol. The largest absolute Gasteiger partial charge is 0.308 e. The van der Waals surface area contributed by atoms with E-state index in [9.17, 15) is 0 Å². The molecule has 1 saturated carbocycles. The van der Waals surface area contributed by atoms with E-state index in [1.165, 1.54) is 24.8 Å². The Morgan fingerprint density at radius 3 is 2.90 bits per heavy atom. The van der Waals surface area contributed by atoms with Crippen molar-refractivity contribution in [3.8, 4) is 0 Å². The Hall–Kier alpha value is -0.930. The second-order valence-corrected chi connectivity index (χ2v) is 6.77. The van der Waals surface area contributed by atoms with Gasteiger partial charge in [-0.3, -0.25) is 9.88 Å².